The number of halogens is 3. The minimum atomic E-state index is -0.423. The number of benzene rings is 2. The Hall–Kier alpha value is -1.75. The molecule has 0 amide bonds. The molecule has 2 N–H and O–H groups in total. The van der Waals surface area contributed by atoms with Crippen molar-refractivity contribution in [2.24, 2.45) is 0 Å². The number of aromatic amines is 1. The Labute approximate surface area is 169 Å². The van der Waals surface area contributed by atoms with E-state index in [0.29, 0.717) is 12.4 Å². The Morgan fingerprint density at radius 2 is 1.96 bits per heavy atom. The number of nitrogens with one attached hydrogen (secondary N) is 2. The first-order valence-corrected chi connectivity index (χ1v) is 9.50. The second-order valence-corrected chi connectivity index (χ2v) is 7.11. The van der Waals surface area contributed by atoms with Crippen molar-refractivity contribution in [3.63, 3.8) is 0 Å². The number of ether oxygens (including phenoxy) is 1. The van der Waals surface area contributed by atoms with E-state index in [2.05, 4.69) is 28.5 Å². The molecular weight excluding hydrogens is 386 g/mol. The first-order chi connectivity index (χ1) is 12.7. The Morgan fingerprint density at radius 1 is 1.11 bits per heavy atom. The van der Waals surface area contributed by atoms with E-state index in [9.17, 15) is 4.39 Å². The van der Waals surface area contributed by atoms with E-state index in [1.807, 2.05) is 0 Å². The molecule has 6 heteroatoms. The molecule has 4 rings (SSSR count). The van der Waals surface area contributed by atoms with Gasteiger partial charge in [0.25, 0.3) is 0 Å². The molecule has 0 bridgehead atoms. The maximum atomic E-state index is 13.2. The van der Waals surface area contributed by atoms with Gasteiger partial charge in [0.05, 0.1) is 11.6 Å². The van der Waals surface area contributed by atoms with Crippen molar-refractivity contribution < 1.29 is 9.13 Å². The Morgan fingerprint density at radius 3 is 2.81 bits per heavy atom. The molecule has 0 radical (unpaired) electrons. The van der Waals surface area contributed by atoms with E-state index in [0.717, 1.165) is 38.8 Å². The third kappa shape index (κ3) is 4.40. The maximum Gasteiger partial charge on any atom is 0.142 e. The van der Waals surface area contributed by atoms with Gasteiger partial charge in [-0.3, -0.25) is 0 Å². The van der Waals surface area contributed by atoms with Gasteiger partial charge in [-0.1, -0.05) is 23.7 Å². The van der Waals surface area contributed by atoms with Gasteiger partial charge in [0, 0.05) is 35.6 Å². The summed E-state index contributed by atoms with van der Waals surface area (Å²) in [6, 6.07) is 11.0. The molecule has 1 aliphatic heterocycles. The van der Waals surface area contributed by atoms with Crippen LogP contribution >= 0.6 is 24.0 Å². The van der Waals surface area contributed by atoms with Crippen LogP contribution in [0, 0.1) is 5.82 Å². The highest BCUT2D eigenvalue weighted by Crippen LogP contribution is 2.29. The highest BCUT2D eigenvalue weighted by molar-refractivity contribution is 6.30. The van der Waals surface area contributed by atoms with Crippen molar-refractivity contribution in [2.75, 3.05) is 19.7 Å². The quantitative estimate of drug-likeness (QED) is 0.577. The number of aryl methyl sites for hydroxylation is 1. The second-order valence-electron chi connectivity index (χ2n) is 6.70. The van der Waals surface area contributed by atoms with Crippen LogP contribution in [0.15, 0.2) is 36.4 Å². The van der Waals surface area contributed by atoms with Crippen LogP contribution < -0.4 is 10.1 Å². The summed E-state index contributed by atoms with van der Waals surface area (Å²) in [5, 5.41) is 4.94. The van der Waals surface area contributed by atoms with Gasteiger partial charge in [0.2, 0.25) is 0 Å². The second kappa shape index (κ2) is 8.96. The van der Waals surface area contributed by atoms with E-state index in [1.54, 1.807) is 6.07 Å². The zero-order chi connectivity index (χ0) is 17.9. The first kappa shape index (κ1) is 20.0. The van der Waals surface area contributed by atoms with Crippen LogP contribution in [0.1, 0.15) is 23.2 Å². The predicted octanol–water partition coefficient (Wildman–Crippen LogP) is 5.08. The van der Waals surface area contributed by atoms with Gasteiger partial charge in [-0.2, -0.15) is 0 Å². The fraction of sp³-hybridized carbons (Fsp3) is 0.333. The van der Waals surface area contributed by atoms with Gasteiger partial charge in [-0.15, -0.1) is 12.4 Å². The fourth-order valence-electron chi connectivity index (χ4n) is 3.72. The molecule has 0 saturated carbocycles. The summed E-state index contributed by atoms with van der Waals surface area (Å²) in [7, 11) is 0. The molecule has 0 spiro atoms. The molecule has 3 nitrogen and oxygen atoms in total. The SMILES string of the molecule is Cl.Fc1ccc(OCCCc2cccc3[nH]c4c(c23)CCNCC4)cc1Cl. The molecule has 0 saturated heterocycles. The lowest BCUT2D eigenvalue weighted by Gasteiger charge is -2.09. The standard InChI is InChI=1S/C21H22ClFN2O.ClH/c22-17-13-15(6-7-18(17)23)26-12-2-4-14-3-1-5-20-21(14)16-8-10-24-11-9-19(16)25-20;/h1,3,5-7,13,24-25H,2,4,8-12H2;1H. The summed E-state index contributed by atoms with van der Waals surface area (Å²) in [5.41, 5.74) is 5.43. The predicted molar refractivity (Wildman–Crippen MR) is 111 cm³/mol. The third-order valence-corrected chi connectivity index (χ3v) is 5.25. The van der Waals surface area contributed by atoms with Crippen LogP contribution in [0.5, 0.6) is 5.75 Å². The first-order valence-electron chi connectivity index (χ1n) is 9.12. The van der Waals surface area contributed by atoms with E-state index in [4.69, 9.17) is 16.3 Å². The topological polar surface area (TPSA) is 37.0 Å². The molecule has 1 aromatic heterocycles. The van der Waals surface area contributed by atoms with Crippen LogP contribution in [0.2, 0.25) is 5.02 Å². The van der Waals surface area contributed by atoms with Crippen molar-refractivity contribution in [3.05, 3.63) is 64.1 Å². The summed E-state index contributed by atoms with van der Waals surface area (Å²) >= 11 is 5.79. The molecule has 2 aromatic carbocycles. The molecule has 1 aliphatic rings. The van der Waals surface area contributed by atoms with E-state index < -0.39 is 5.82 Å². The van der Waals surface area contributed by atoms with Gasteiger partial charge in [0.15, 0.2) is 0 Å². The Kier molecular flexibility index (Phi) is 6.64. The summed E-state index contributed by atoms with van der Waals surface area (Å²) in [4.78, 5) is 3.60. The summed E-state index contributed by atoms with van der Waals surface area (Å²) in [6.07, 6.45) is 3.96. The number of fused-ring (bicyclic) bond motifs is 3. The minimum Gasteiger partial charge on any atom is -0.494 e. The summed E-state index contributed by atoms with van der Waals surface area (Å²) < 4.78 is 18.9. The van der Waals surface area contributed by atoms with Crippen molar-refractivity contribution in [2.45, 2.75) is 25.7 Å². The van der Waals surface area contributed by atoms with E-state index in [1.165, 1.54) is 39.9 Å². The molecule has 0 aliphatic carbocycles. The zero-order valence-corrected chi connectivity index (χ0v) is 16.6. The number of hydrogen-bond donors (Lipinski definition) is 2. The maximum absolute atomic E-state index is 13.2. The van der Waals surface area contributed by atoms with Crippen molar-refractivity contribution in [3.8, 4) is 5.75 Å². The Balaban J connectivity index is 0.00000210. The molecule has 0 unspecified atom stereocenters. The van der Waals surface area contributed by atoms with E-state index >= 15 is 0 Å². The minimum absolute atomic E-state index is 0. The zero-order valence-electron chi connectivity index (χ0n) is 15.0. The third-order valence-electron chi connectivity index (χ3n) is 4.96. The van der Waals surface area contributed by atoms with Crippen LogP contribution in [0.4, 0.5) is 4.39 Å². The lowest BCUT2D eigenvalue weighted by Crippen LogP contribution is -2.16. The highest BCUT2D eigenvalue weighted by Gasteiger charge is 2.16. The largest absolute Gasteiger partial charge is 0.494 e. The number of rotatable bonds is 5. The van der Waals surface area contributed by atoms with Crippen LogP contribution in [-0.4, -0.2) is 24.7 Å². The molecule has 27 heavy (non-hydrogen) atoms. The Bertz CT molecular complexity index is 926. The monoisotopic (exact) mass is 408 g/mol. The number of hydrogen-bond acceptors (Lipinski definition) is 2. The molecular formula is C21H23Cl2FN2O. The van der Waals surface area contributed by atoms with Crippen molar-refractivity contribution in [1.82, 2.24) is 10.3 Å². The van der Waals surface area contributed by atoms with Crippen molar-refractivity contribution >= 4 is 34.9 Å². The molecule has 3 aromatic rings. The van der Waals surface area contributed by atoms with Gasteiger partial charge in [0.1, 0.15) is 11.6 Å². The lowest BCUT2D eigenvalue weighted by molar-refractivity contribution is 0.310. The molecule has 0 atom stereocenters. The fourth-order valence-corrected chi connectivity index (χ4v) is 3.89. The molecule has 0 fully saturated rings. The average molecular weight is 409 g/mol. The summed E-state index contributed by atoms with van der Waals surface area (Å²) in [5.74, 6) is 0.185. The van der Waals surface area contributed by atoms with Crippen LogP contribution in [0.25, 0.3) is 10.9 Å². The van der Waals surface area contributed by atoms with E-state index in [-0.39, 0.29) is 17.4 Å². The average Bonchev–Trinajstić information content (AvgIpc) is 2.84. The van der Waals surface area contributed by atoms with Gasteiger partial charge in [-0.25, -0.2) is 4.39 Å². The number of aromatic nitrogens is 1. The molecule has 144 valence electrons. The van der Waals surface area contributed by atoms with Gasteiger partial charge >= 0.3 is 0 Å². The van der Waals surface area contributed by atoms with Crippen LogP contribution in [-0.2, 0) is 19.3 Å². The molecule has 2 heterocycles. The smallest absolute Gasteiger partial charge is 0.142 e. The highest BCUT2D eigenvalue weighted by atomic mass is 35.5. The lowest BCUT2D eigenvalue weighted by atomic mass is 9.99. The number of H-pyrrole nitrogens is 1. The normalized spacial score (nSPS) is 13.7. The van der Waals surface area contributed by atoms with Crippen LogP contribution in [0.3, 0.4) is 0 Å². The summed E-state index contributed by atoms with van der Waals surface area (Å²) in [6.45, 7) is 2.64. The van der Waals surface area contributed by atoms with Gasteiger partial charge in [-0.05, 0) is 55.1 Å². The van der Waals surface area contributed by atoms with Crippen molar-refractivity contribution in [1.29, 1.82) is 0 Å². The van der Waals surface area contributed by atoms with Gasteiger partial charge < -0.3 is 15.0 Å².